The summed E-state index contributed by atoms with van der Waals surface area (Å²) >= 11 is 0. The first-order valence-corrected chi connectivity index (χ1v) is 13.0. The van der Waals surface area contributed by atoms with E-state index in [1.165, 1.54) is 51.6 Å². The maximum atomic E-state index is 7.21. The Labute approximate surface area is 208 Å². The van der Waals surface area contributed by atoms with E-state index in [0.29, 0.717) is 0 Å². The second-order valence-electron chi connectivity index (χ2n) is 10.0. The second-order valence-corrected chi connectivity index (χ2v) is 10.0. The Morgan fingerprint density at radius 1 is 0.800 bits per heavy atom. The van der Waals surface area contributed by atoms with E-state index in [0.717, 1.165) is 36.4 Å². The SMILES string of the molecule is CCc1c2c(c3ccccc3c1C)OC(c1ccc(C)cc1)(c1ccc(N3CCCC3)cc1)C=C2. The molecule has 4 aromatic rings. The van der Waals surface area contributed by atoms with Crippen LogP contribution in [0.25, 0.3) is 16.8 Å². The highest BCUT2D eigenvalue weighted by atomic mass is 16.5. The van der Waals surface area contributed by atoms with Crippen molar-refractivity contribution in [3.05, 3.63) is 112 Å². The molecule has 1 atom stereocenters. The lowest BCUT2D eigenvalue weighted by Gasteiger charge is -2.38. The molecule has 0 radical (unpaired) electrons. The van der Waals surface area contributed by atoms with Gasteiger partial charge < -0.3 is 9.64 Å². The summed E-state index contributed by atoms with van der Waals surface area (Å²) in [7, 11) is 0. The highest BCUT2D eigenvalue weighted by Gasteiger charge is 2.38. The highest BCUT2D eigenvalue weighted by Crippen LogP contribution is 2.47. The molecule has 2 nitrogen and oxygen atoms in total. The summed E-state index contributed by atoms with van der Waals surface area (Å²) in [5, 5.41) is 2.47. The van der Waals surface area contributed by atoms with Gasteiger partial charge in [0.15, 0.2) is 5.60 Å². The van der Waals surface area contributed by atoms with E-state index in [2.05, 4.69) is 111 Å². The molecule has 0 amide bonds. The summed E-state index contributed by atoms with van der Waals surface area (Å²) in [6.07, 6.45) is 8.13. The van der Waals surface area contributed by atoms with Crippen LogP contribution in [0.5, 0.6) is 5.75 Å². The Bertz CT molecular complexity index is 1410. The molecule has 2 aliphatic rings. The van der Waals surface area contributed by atoms with E-state index < -0.39 is 5.60 Å². The first-order valence-electron chi connectivity index (χ1n) is 13.0. The van der Waals surface area contributed by atoms with Gasteiger partial charge in [0.2, 0.25) is 0 Å². The molecule has 1 fully saturated rings. The topological polar surface area (TPSA) is 12.5 Å². The standard InChI is InChI=1S/C33H33NO/c1-4-28-24(3)29-9-5-6-10-30(29)32-31(28)19-20-33(35-32,25-13-11-23(2)12-14-25)26-15-17-27(18-16-26)34-21-7-8-22-34/h5-6,9-20H,4,7-8,21-22H2,1-3H3. The number of hydrogen-bond acceptors (Lipinski definition) is 2. The maximum absolute atomic E-state index is 7.21. The van der Waals surface area contributed by atoms with Gasteiger partial charge in [-0.25, -0.2) is 0 Å². The molecule has 0 N–H and O–H groups in total. The van der Waals surface area contributed by atoms with Crippen LogP contribution in [0.2, 0.25) is 0 Å². The van der Waals surface area contributed by atoms with E-state index in [-0.39, 0.29) is 0 Å². The number of benzene rings is 4. The minimum atomic E-state index is -0.673. The van der Waals surface area contributed by atoms with Crippen LogP contribution in [0.3, 0.4) is 0 Å². The van der Waals surface area contributed by atoms with Crippen LogP contribution in [-0.2, 0) is 12.0 Å². The van der Waals surface area contributed by atoms with Gasteiger partial charge in [-0.15, -0.1) is 0 Å². The van der Waals surface area contributed by atoms with Crippen molar-refractivity contribution in [2.24, 2.45) is 0 Å². The Hall–Kier alpha value is -3.52. The lowest BCUT2D eigenvalue weighted by molar-refractivity contribution is 0.163. The number of aryl methyl sites for hydroxylation is 2. The summed E-state index contributed by atoms with van der Waals surface area (Å²) in [6, 6.07) is 26.6. The molecule has 0 spiro atoms. The minimum absolute atomic E-state index is 0.673. The van der Waals surface area contributed by atoms with Gasteiger partial charge in [0.05, 0.1) is 0 Å². The fourth-order valence-electron chi connectivity index (χ4n) is 5.97. The zero-order chi connectivity index (χ0) is 24.0. The van der Waals surface area contributed by atoms with Crippen molar-refractivity contribution >= 4 is 22.5 Å². The van der Waals surface area contributed by atoms with Gasteiger partial charge in [0, 0.05) is 40.9 Å². The van der Waals surface area contributed by atoms with Crippen LogP contribution >= 0.6 is 0 Å². The van der Waals surface area contributed by atoms with Crippen molar-refractivity contribution in [2.75, 3.05) is 18.0 Å². The predicted octanol–water partition coefficient (Wildman–Crippen LogP) is 7.97. The fraction of sp³-hybridized carbons (Fsp3) is 0.273. The Morgan fingerprint density at radius 2 is 1.43 bits per heavy atom. The van der Waals surface area contributed by atoms with Crippen molar-refractivity contribution in [3.63, 3.8) is 0 Å². The molecular weight excluding hydrogens is 426 g/mol. The van der Waals surface area contributed by atoms with Gasteiger partial charge in [-0.2, -0.15) is 0 Å². The number of ether oxygens (including phenoxy) is 1. The third-order valence-corrected chi connectivity index (χ3v) is 7.95. The van der Waals surface area contributed by atoms with E-state index in [1.807, 2.05) is 0 Å². The van der Waals surface area contributed by atoms with Crippen LogP contribution in [0, 0.1) is 13.8 Å². The molecule has 6 rings (SSSR count). The van der Waals surface area contributed by atoms with E-state index >= 15 is 0 Å². The summed E-state index contributed by atoms with van der Waals surface area (Å²) in [5.41, 5.74) is 8.15. The largest absolute Gasteiger partial charge is 0.472 e. The van der Waals surface area contributed by atoms with Gasteiger partial charge in [0.1, 0.15) is 5.75 Å². The number of rotatable bonds is 4. The van der Waals surface area contributed by atoms with Gasteiger partial charge in [-0.3, -0.25) is 0 Å². The molecule has 0 bridgehead atoms. The summed E-state index contributed by atoms with van der Waals surface area (Å²) < 4.78 is 7.21. The van der Waals surface area contributed by atoms with Crippen LogP contribution in [0.15, 0.2) is 78.9 Å². The van der Waals surface area contributed by atoms with Crippen molar-refractivity contribution in [1.29, 1.82) is 0 Å². The third-order valence-electron chi connectivity index (χ3n) is 7.95. The molecule has 4 aromatic carbocycles. The van der Waals surface area contributed by atoms with E-state index in [1.54, 1.807) is 0 Å². The predicted molar refractivity (Wildman–Crippen MR) is 148 cm³/mol. The Kier molecular flexibility index (Phi) is 5.40. The van der Waals surface area contributed by atoms with Crippen molar-refractivity contribution in [2.45, 2.75) is 45.6 Å². The molecule has 0 aliphatic carbocycles. The molecule has 2 heteroatoms. The van der Waals surface area contributed by atoms with Crippen molar-refractivity contribution in [1.82, 2.24) is 0 Å². The van der Waals surface area contributed by atoms with Crippen molar-refractivity contribution < 1.29 is 4.74 Å². The number of nitrogens with zero attached hydrogens (tertiary/aromatic N) is 1. The zero-order valence-electron chi connectivity index (χ0n) is 21.0. The summed E-state index contributed by atoms with van der Waals surface area (Å²) in [6.45, 7) is 8.92. The molecule has 2 heterocycles. The van der Waals surface area contributed by atoms with E-state index in [9.17, 15) is 0 Å². The second kappa shape index (κ2) is 8.61. The van der Waals surface area contributed by atoms with Gasteiger partial charge >= 0.3 is 0 Å². The highest BCUT2D eigenvalue weighted by molar-refractivity contribution is 5.96. The summed E-state index contributed by atoms with van der Waals surface area (Å²) in [4.78, 5) is 2.49. The molecule has 0 aromatic heterocycles. The normalized spacial score (nSPS) is 19.1. The van der Waals surface area contributed by atoms with Crippen LogP contribution < -0.4 is 9.64 Å². The molecule has 1 unspecified atom stereocenters. The molecular formula is C33H33NO. The molecule has 1 saturated heterocycles. The van der Waals surface area contributed by atoms with Crippen molar-refractivity contribution in [3.8, 4) is 5.75 Å². The van der Waals surface area contributed by atoms with Gasteiger partial charge in [-0.05, 0) is 67.8 Å². The number of hydrogen-bond donors (Lipinski definition) is 0. The Balaban J connectivity index is 1.55. The molecule has 176 valence electrons. The first-order chi connectivity index (χ1) is 17.1. The zero-order valence-corrected chi connectivity index (χ0v) is 21.0. The van der Waals surface area contributed by atoms with Gasteiger partial charge in [-0.1, -0.05) is 79.2 Å². The fourth-order valence-corrected chi connectivity index (χ4v) is 5.97. The lowest BCUT2D eigenvalue weighted by Crippen LogP contribution is -2.34. The monoisotopic (exact) mass is 459 g/mol. The number of fused-ring (bicyclic) bond motifs is 3. The van der Waals surface area contributed by atoms with Crippen LogP contribution in [0.1, 0.15) is 53.1 Å². The Morgan fingerprint density at radius 3 is 2.09 bits per heavy atom. The maximum Gasteiger partial charge on any atom is 0.178 e. The molecule has 35 heavy (non-hydrogen) atoms. The molecule has 0 saturated carbocycles. The third kappa shape index (κ3) is 3.55. The number of anilines is 1. The average molecular weight is 460 g/mol. The van der Waals surface area contributed by atoms with Crippen LogP contribution in [-0.4, -0.2) is 13.1 Å². The summed E-state index contributed by atoms with van der Waals surface area (Å²) in [5.74, 6) is 0.995. The minimum Gasteiger partial charge on any atom is -0.472 e. The average Bonchev–Trinajstić information content (AvgIpc) is 3.45. The lowest BCUT2D eigenvalue weighted by atomic mass is 9.81. The first kappa shape index (κ1) is 22.0. The van der Waals surface area contributed by atoms with E-state index in [4.69, 9.17) is 4.74 Å². The van der Waals surface area contributed by atoms with Gasteiger partial charge in [0.25, 0.3) is 0 Å². The molecule has 2 aliphatic heterocycles. The van der Waals surface area contributed by atoms with Crippen LogP contribution in [0.4, 0.5) is 5.69 Å². The quantitative estimate of drug-likeness (QED) is 0.307. The smallest absolute Gasteiger partial charge is 0.178 e.